The molecule has 0 spiro atoms. The number of nitrogens with zero attached hydrogens (tertiary/aromatic N) is 1. The van der Waals surface area contributed by atoms with Gasteiger partial charge in [-0.2, -0.15) is 0 Å². The summed E-state index contributed by atoms with van der Waals surface area (Å²) < 4.78 is 11.1. The first-order chi connectivity index (χ1) is 11.7. The maximum absolute atomic E-state index is 12.5. The highest BCUT2D eigenvalue weighted by molar-refractivity contribution is 5.81. The zero-order chi connectivity index (χ0) is 16.7. The Bertz CT molecular complexity index is 759. The normalized spacial score (nSPS) is 24.0. The van der Waals surface area contributed by atoms with Crippen molar-refractivity contribution in [2.75, 3.05) is 20.2 Å². The highest BCUT2D eigenvalue weighted by atomic mass is 16.5. The van der Waals surface area contributed by atoms with Gasteiger partial charge in [0.25, 0.3) is 0 Å². The molecule has 0 unspecified atom stereocenters. The number of methoxy groups -OCH3 is 1. The summed E-state index contributed by atoms with van der Waals surface area (Å²) in [5.74, 6) is 1.34. The van der Waals surface area contributed by atoms with Crippen molar-refractivity contribution in [2.24, 2.45) is 5.92 Å². The number of ether oxygens (including phenoxy) is 2. The molecule has 4 nitrogen and oxygen atoms in total. The van der Waals surface area contributed by atoms with Crippen LogP contribution >= 0.6 is 0 Å². The zero-order valence-electron chi connectivity index (χ0n) is 13.9. The monoisotopic (exact) mass is 323 g/mol. The van der Waals surface area contributed by atoms with E-state index in [1.54, 1.807) is 7.11 Å². The Labute approximate surface area is 142 Å². The molecule has 0 aliphatic carbocycles. The lowest BCUT2D eigenvalue weighted by Gasteiger charge is -2.27. The predicted octanol–water partition coefficient (Wildman–Crippen LogP) is 3.39. The first-order valence-corrected chi connectivity index (χ1v) is 8.36. The lowest BCUT2D eigenvalue weighted by atomic mass is 9.86. The highest BCUT2D eigenvalue weighted by Crippen LogP contribution is 2.47. The van der Waals surface area contributed by atoms with Gasteiger partial charge in [-0.25, -0.2) is 0 Å². The van der Waals surface area contributed by atoms with E-state index >= 15 is 0 Å². The third-order valence-corrected chi connectivity index (χ3v) is 5.31. The molecule has 2 aliphatic rings. The van der Waals surface area contributed by atoms with E-state index in [1.165, 1.54) is 5.56 Å². The number of carbonyl (C=O) groups excluding carboxylic acids is 1. The van der Waals surface area contributed by atoms with Crippen LogP contribution in [0.1, 0.15) is 30.0 Å². The van der Waals surface area contributed by atoms with E-state index in [0.717, 1.165) is 24.4 Å². The number of rotatable bonds is 3. The second kappa shape index (κ2) is 5.95. The summed E-state index contributed by atoms with van der Waals surface area (Å²) in [5, 5.41) is 0. The van der Waals surface area contributed by atoms with Crippen molar-refractivity contribution in [2.45, 2.75) is 18.9 Å². The van der Waals surface area contributed by atoms with Gasteiger partial charge in [-0.1, -0.05) is 36.4 Å². The molecule has 2 heterocycles. The SMILES string of the molecule is COc1cccc2c1[C@H]1CN([C@@H](C)c3ccccc3)C[C@H]1C(=O)O2. The number of likely N-dealkylation sites (tertiary alicyclic amines) is 1. The van der Waals surface area contributed by atoms with Gasteiger partial charge >= 0.3 is 5.97 Å². The third-order valence-electron chi connectivity index (χ3n) is 5.31. The van der Waals surface area contributed by atoms with Crippen LogP contribution in [0.5, 0.6) is 11.5 Å². The summed E-state index contributed by atoms with van der Waals surface area (Å²) in [6, 6.07) is 16.3. The predicted molar refractivity (Wildman–Crippen MR) is 91.3 cm³/mol. The van der Waals surface area contributed by atoms with Gasteiger partial charge in [-0.15, -0.1) is 0 Å². The molecule has 0 aromatic heterocycles. The molecule has 1 fully saturated rings. The van der Waals surface area contributed by atoms with Crippen LogP contribution < -0.4 is 9.47 Å². The maximum atomic E-state index is 12.5. The lowest BCUT2D eigenvalue weighted by Crippen LogP contribution is -2.31. The van der Waals surface area contributed by atoms with Crippen molar-refractivity contribution >= 4 is 5.97 Å². The molecule has 2 aromatic rings. The molecule has 0 amide bonds. The van der Waals surface area contributed by atoms with Crippen molar-refractivity contribution in [3.05, 3.63) is 59.7 Å². The number of benzene rings is 2. The summed E-state index contributed by atoms with van der Waals surface area (Å²) in [7, 11) is 1.67. The topological polar surface area (TPSA) is 38.8 Å². The largest absolute Gasteiger partial charge is 0.496 e. The number of hydrogen-bond donors (Lipinski definition) is 0. The van der Waals surface area contributed by atoms with E-state index in [9.17, 15) is 4.79 Å². The quantitative estimate of drug-likeness (QED) is 0.641. The second-order valence-electron chi connectivity index (χ2n) is 6.55. The summed E-state index contributed by atoms with van der Waals surface area (Å²) in [6.07, 6.45) is 0. The van der Waals surface area contributed by atoms with Crippen LogP contribution in [0.25, 0.3) is 0 Å². The van der Waals surface area contributed by atoms with Crippen molar-refractivity contribution in [1.29, 1.82) is 0 Å². The van der Waals surface area contributed by atoms with Gasteiger partial charge in [0.15, 0.2) is 0 Å². The van der Waals surface area contributed by atoms with Crippen LogP contribution in [0.3, 0.4) is 0 Å². The van der Waals surface area contributed by atoms with Gasteiger partial charge in [-0.05, 0) is 24.6 Å². The molecule has 0 bridgehead atoms. The van der Waals surface area contributed by atoms with Gasteiger partial charge in [0, 0.05) is 30.6 Å². The molecule has 3 atom stereocenters. The fraction of sp³-hybridized carbons (Fsp3) is 0.350. The summed E-state index contributed by atoms with van der Waals surface area (Å²) in [6.45, 7) is 3.75. The van der Waals surface area contributed by atoms with E-state index in [1.807, 2.05) is 24.3 Å². The fourth-order valence-electron chi connectivity index (χ4n) is 3.96. The van der Waals surface area contributed by atoms with Crippen LogP contribution in [0.2, 0.25) is 0 Å². The van der Waals surface area contributed by atoms with Gasteiger partial charge < -0.3 is 9.47 Å². The zero-order valence-corrected chi connectivity index (χ0v) is 13.9. The number of carbonyl (C=O) groups is 1. The maximum Gasteiger partial charge on any atom is 0.316 e. The molecule has 0 radical (unpaired) electrons. The average Bonchev–Trinajstić information content (AvgIpc) is 3.07. The fourth-order valence-corrected chi connectivity index (χ4v) is 3.96. The van der Waals surface area contributed by atoms with E-state index in [2.05, 4.69) is 36.1 Å². The van der Waals surface area contributed by atoms with Gasteiger partial charge in [0.05, 0.1) is 13.0 Å². The molecular weight excluding hydrogens is 302 g/mol. The molecular formula is C20H21NO3. The van der Waals surface area contributed by atoms with Crippen molar-refractivity contribution in [1.82, 2.24) is 4.90 Å². The summed E-state index contributed by atoms with van der Waals surface area (Å²) in [5.41, 5.74) is 2.30. The molecule has 2 aliphatic heterocycles. The molecule has 1 saturated heterocycles. The minimum absolute atomic E-state index is 0.122. The number of esters is 1. The lowest BCUT2D eigenvalue weighted by molar-refractivity contribution is -0.140. The molecule has 2 aromatic carbocycles. The van der Waals surface area contributed by atoms with E-state index in [0.29, 0.717) is 5.75 Å². The van der Waals surface area contributed by atoms with Crippen LogP contribution in [0.15, 0.2) is 48.5 Å². The van der Waals surface area contributed by atoms with E-state index in [-0.39, 0.29) is 23.8 Å². The minimum atomic E-state index is -0.125. The van der Waals surface area contributed by atoms with Crippen molar-refractivity contribution in [3.63, 3.8) is 0 Å². The standard InChI is InChI=1S/C20H21NO3/c1-13(14-7-4-3-5-8-14)21-11-15-16(12-21)20(22)24-18-10-6-9-17(23-2)19(15)18/h3-10,13,15-16H,11-12H2,1-2H3/t13-,15-,16+/m0/s1. The van der Waals surface area contributed by atoms with Crippen LogP contribution in [-0.4, -0.2) is 31.1 Å². The molecule has 0 N–H and O–H groups in total. The first kappa shape index (κ1) is 15.2. The Morgan fingerprint density at radius 2 is 1.83 bits per heavy atom. The highest BCUT2D eigenvalue weighted by Gasteiger charge is 2.46. The molecule has 4 heteroatoms. The van der Waals surface area contributed by atoms with Gasteiger partial charge in [0.1, 0.15) is 11.5 Å². The third kappa shape index (κ3) is 2.38. The second-order valence-corrected chi connectivity index (χ2v) is 6.55. The Hall–Kier alpha value is -2.33. The first-order valence-electron chi connectivity index (χ1n) is 8.36. The smallest absolute Gasteiger partial charge is 0.316 e. The molecule has 0 saturated carbocycles. The number of hydrogen-bond acceptors (Lipinski definition) is 4. The summed E-state index contributed by atoms with van der Waals surface area (Å²) in [4.78, 5) is 14.8. The Kier molecular flexibility index (Phi) is 3.77. The van der Waals surface area contributed by atoms with Crippen LogP contribution in [0, 0.1) is 5.92 Å². The van der Waals surface area contributed by atoms with E-state index in [4.69, 9.17) is 9.47 Å². The Balaban J connectivity index is 1.67. The van der Waals surface area contributed by atoms with Crippen molar-refractivity contribution < 1.29 is 14.3 Å². The Morgan fingerprint density at radius 3 is 2.58 bits per heavy atom. The van der Waals surface area contributed by atoms with Crippen LogP contribution in [-0.2, 0) is 4.79 Å². The molecule has 24 heavy (non-hydrogen) atoms. The van der Waals surface area contributed by atoms with Crippen molar-refractivity contribution in [3.8, 4) is 11.5 Å². The molecule has 124 valence electrons. The average molecular weight is 323 g/mol. The summed E-state index contributed by atoms with van der Waals surface area (Å²) >= 11 is 0. The Morgan fingerprint density at radius 1 is 1.08 bits per heavy atom. The minimum Gasteiger partial charge on any atom is -0.496 e. The van der Waals surface area contributed by atoms with Gasteiger partial charge in [0.2, 0.25) is 0 Å². The number of fused-ring (bicyclic) bond motifs is 3. The molecule has 4 rings (SSSR count). The van der Waals surface area contributed by atoms with Gasteiger partial charge in [-0.3, -0.25) is 9.69 Å². The van der Waals surface area contributed by atoms with Crippen LogP contribution in [0.4, 0.5) is 0 Å². The van der Waals surface area contributed by atoms with E-state index < -0.39 is 0 Å².